The van der Waals surface area contributed by atoms with E-state index in [-0.39, 0.29) is 11.8 Å². The number of ether oxygens (including phenoxy) is 1. The van der Waals surface area contributed by atoms with Crippen LogP contribution in [0.4, 0.5) is 0 Å². The molecule has 2 heterocycles. The van der Waals surface area contributed by atoms with E-state index in [1.165, 1.54) is 11.8 Å². The molecule has 1 aromatic heterocycles. The Balaban J connectivity index is 1.53. The Morgan fingerprint density at radius 1 is 1.38 bits per heavy atom. The van der Waals surface area contributed by atoms with Crippen LogP contribution in [0.1, 0.15) is 5.82 Å². The fraction of sp³-hybridized carbons (Fsp3) is 0.615. The summed E-state index contributed by atoms with van der Waals surface area (Å²) in [7, 11) is 0. The van der Waals surface area contributed by atoms with Crippen molar-refractivity contribution in [3.8, 4) is 0 Å². The molecule has 1 aromatic rings. The number of carbonyl (C=O) groups is 2. The van der Waals surface area contributed by atoms with Crippen LogP contribution in [-0.4, -0.2) is 71.0 Å². The first-order valence-corrected chi connectivity index (χ1v) is 8.09. The number of H-pyrrole nitrogens is 1. The molecule has 0 unspecified atom stereocenters. The van der Waals surface area contributed by atoms with Gasteiger partial charge in [-0.25, -0.2) is 4.98 Å². The molecule has 0 aromatic carbocycles. The van der Waals surface area contributed by atoms with Crippen molar-refractivity contribution < 1.29 is 14.3 Å². The van der Waals surface area contributed by atoms with Gasteiger partial charge >= 0.3 is 0 Å². The van der Waals surface area contributed by atoms with Crippen LogP contribution in [0, 0.1) is 0 Å². The number of morpholine rings is 1. The highest BCUT2D eigenvalue weighted by molar-refractivity contribution is 8.00. The Hall–Kier alpha value is -1.54. The lowest BCUT2D eigenvalue weighted by Gasteiger charge is -2.26. The minimum Gasteiger partial charge on any atom is -0.378 e. The normalized spacial score (nSPS) is 15.0. The molecule has 1 aliphatic heterocycles. The van der Waals surface area contributed by atoms with Crippen LogP contribution in [0.25, 0.3) is 0 Å². The van der Waals surface area contributed by atoms with Crippen LogP contribution in [0.3, 0.4) is 0 Å². The number of carbonyl (C=O) groups excluding carboxylic acids is 2. The van der Waals surface area contributed by atoms with Crippen molar-refractivity contribution in [3.63, 3.8) is 0 Å². The highest BCUT2D eigenvalue weighted by Gasteiger charge is 2.16. The monoisotopic (exact) mass is 312 g/mol. The quantitative estimate of drug-likeness (QED) is 0.719. The minimum atomic E-state index is -0.0543. The summed E-state index contributed by atoms with van der Waals surface area (Å²) >= 11 is 1.34. The largest absolute Gasteiger partial charge is 0.378 e. The van der Waals surface area contributed by atoms with E-state index in [0.29, 0.717) is 50.8 Å². The zero-order chi connectivity index (χ0) is 14.9. The van der Waals surface area contributed by atoms with Crippen molar-refractivity contribution in [2.24, 2.45) is 0 Å². The molecule has 21 heavy (non-hydrogen) atoms. The molecule has 8 heteroatoms. The Bertz CT molecular complexity index is 446. The number of thioether (sulfide) groups is 1. The van der Waals surface area contributed by atoms with Gasteiger partial charge in [-0.05, 0) is 0 Å². The third-order valence-corrected chi connectivity index (χ3v) is 3.98. The lowest BCUT2D eigenvalue weighted by atomic mass is 10.4. The molecule has 0 atom stereocenters. The first-order valence-electron chi connectivity index (χ1n) is 6.94. The Morgan fingerprint density at radius 3 is 2.90 bits per heavy atom. The van der Waals surface area contributed by atoms with Crippen molar-refractivity contribution in [2.75, 3.05) is 44.4 Å². The first-order chi connectivity index (χ1) is 10.3. The molecule has 2 N–H and O–H groups in total. The van der Waals surface area contributed by atoms with Crippen LogP contribution in [0.15, 0.2) is 12.4 Å². The fourth-order valence-corrected chi connectivity index (χ4v) is 2.69. The topological polar surface area (TPSA) is 87.3 Å². The molecule has 116 valence electrons. The summed E-state index contributed by atoms with van der Waals surface area (Å²) in [5, 5.41) is 2.81. The maximum Gasteiger partial charge on any atom is 0.232 e. The van der Waals surface area contributed by atoms with Crippen molar-refractivity contribution in [3.05, 3.63) is 18.2 Å². The highest BCUT2D eigenvalue weighted by Crippen LogP contribution is 2.05. The van der Waals surface area contributed by atoms with Gasteiger partial charge in [0.2, 0.25) is 11.8 Å². The number of hydrogen-bond donors (Lipinski definition) is 2. The maximum absolute atomic E-state index is 11.9. The average molecular weight is 312 g/mol. The van der Waals surface area contributed by atoms with E-state index in [9.17, 15) is 9.59 Å². The Labute approximate surface area is 127 Å². The molecule has 0 aliphatic carbocycles. The predicted molar refractivity (Wildman–Crippen MR) is 80.0 cm³/mol. The zero-order valence-electron chi connectivity index (χ0n) is 11.8. The Morgan fingerprint density at radius 2 is 2.19 bits per heavy atom. The molecule has 7 nitrogen and oxygen atoms in total. The molecular formula is C13H20N4O3S. The summed E-state index contributed by atoms with van der Waals surface area (Å²) in [4.78, 5) is 32.3. The van der Waals surface area contributed by atoms with Gasteiger partial charge in [0.15, 0.2) is 0 Å². The molecule has 1 fully saturated rings. The van der Waals surface area contributed by atoms with Gasteiger partial charge in [0.1, 0.15) is 5.82 Å². The van der Waals surface area contributed by atoms with E-state index in [1.807, 2.05) is 0 Å². The number of aromatic amines is 1. The van der Waals surface area contributed by atoms with Crippen molar-refractivity contribution in [1.82, 2.24) is 20.2 Å². The van der Waals surface area contributed by atoms with Crippen LogP contribution in [0.5, 0.6) is 0 Å². The van der Waals surface area contributed by atoms with Crippen LogP contribution in [0.2, 0.25) is 0 Å². The highest BCUT2D eigenvalue weighted by atomic mass is 32.2. The molecule has 0 spiro atoms. The minimum absolute atomic E-state index is 0.0543. The van der Waals surface area contributed by atoms with Gasteiger partial charge in [0.25, 0.3) is 0 Å². The number of nitrogens with one attached hydrogen (secondary N) is 2. The summed E-state index contributed by atoms with van der Waals surface area (Å²) in [6.07, 6.45) is 4.12. The number of aromatic nitrogens is 2. The molecule has 1 saturated heterocycles. The second kappa shape index (κ2) is 8.68. The summed E-state index contributed by atoms with van der Waals surface area (Å²) in [5.74, 6) is 1.51. The molecule has 0 radical (unpaired) electrons. The van der Waals surface area contributed by atoms with Gasteiger partial charge in [0.05, 0.1) is 24.7 Å². The number of imidazole rings is 1. The van der Waals surface area contributed by atoms with Crippen LogP contribution < -0.4 is 5.32 Å². The van der Waals surface area contributed by atoms with Gasteiger partial charge in [-0.2, -0.15) is 0 Å². The molecular weight excluding hydrogens is 292 g/mol. The number of nitrogens with zero attached hydrogens (tertiary/aromatic N) is 2. The standard InChI is InChI=1S/C13H20N4O3S/c18-12(16-2-1-11-14-3-4-15-11)9-21-10-13(19)17-5-7-20-8-6-17/h3-4H,1-2,5-10H2,(H,14,15)(H,16,18). The van der Waals surface area contributed by atoms with E-state index in [4.69, 9.17) is 4.74 Å². The third-order valence-electron chi connectivity index (χ3n) is 3.06. The van der Waals surface area contributed by atoms with Crippen molar-refractivity contribution >= 4 is 23.6 Å². The van der Waals surface area contributed by atoms with Gasteiger partial charge < -0.3 is 19.9 Å². The van der Waals surface area contributed by atoms with Gasteiger partial charge in [-0.1, -0.05) is 0 Å². The predicted octanol–water partition coefficient (Wildman–Crippen LogP) is -0.340. The zero-order valence-corrected chi connectivity index (χ0v) is 12.7. The number of amides is 2. The summed E-state index contributed by atoms with van der Waals surface area (Å²) in [6.45, 7) is 3.04. The SMILES string of the molecule is O=C(CSCC(=O)N1CCOCC1)NCCc1ncc[nH]1. The first kappa shape index (κ1) is 15.8. The van der Waals surface area contributed by atoms with Gasteiger partial charge in [0, 0.05) is 38.4 Å². The number of hydrogen-bond acceptors (Lipinski definition) is 5. The van der Waals surface area contributed by atoms with E-state index in [0.717, 1.165) is 5.82 Å². The van der Waals surface area contributed by atoms with E-state index < -0.39 is 0 Å². The fourth-order valence-electron chi connectivity index (χ4n) is 1.94. The summed E-state index contributed by atoms with van der Waals surface area (Å²) in [5.41, 5.74) is 0. The van der Waals surface area contributed by atoms with Gasteiger partial charge in [-0.15, -0.1) is 11.8 Å². The smallest absolute Gasteiger partial charge is 0.232 e. The molecule has 0 saturated carbocycles. The lowest BCUT2D eigenvalue weighted by Crippen LogP contribution is -2.41. The number of rotatable bonds is 7. The Kier molecular flexibility index (Phi) is 6.55. The van der Waals surface area contributed by atoms with Crippen molar-refractivity contribution in [2.45, 2.75) is 6.42 Å². The van der Waals surface area contributed by atoms with Crippen LogP contribution in [-0.2, 0) is 20.7 Å². The van der Waals surface area contributed by atoms with Crippen molar-refractivity contribution in [1.29, 1.82) is 0 Å². The maximum atomic E-state index is 11.9. The van der Waals surface area contributed by atoms with E-state index in [2.05, 4.69) is 15.3 Å². The van der Waals surface area contributed by atoms with Crippen LogP contribution >= 0.6 is 11.8 Å². The van der Waals surface area contributed by atoms with E-state index >= 15 is 0 Å². The average Bonchev–Trinajstić information content (AvgIpc) is 3.01. The van der Waals surface area contributed by atoms with Gasteiger partial charge in [-0.3, -0.25) is 9.59 Å². The molecule has 2 rings (SSSR count). The second-order valence-electron chi connectivity index (χ2n) is 4.62. The summed E-state index contributed by atoms with van der Waals surface area (Å²) < 4.78 is 5.20. The third kappa shape index (κ3) is 5.76. The summed E-state index contributed by atoms with van der Waals surface area (Å²) in [6, 6.07) is 0. The lowest BCUT2D eigenvalue weighted by molar-refractivity contribution is -0.132. The van der Waals surface area contributed by atoms with E-state index in [1.54, 1.807) is 17.3 Å². The molecule has 0 bridgehead atoms. The molecule has 2 amide bonds. The second-order valence-corrected chi connectivity index (χ2v) is 5.61. The molecule has 1 aliphatic rings.